The normalized spacial score (nSPS) is 12.8. The summed E-state index contributed by atoms with van der Waals surface area (Å²) in [5, 5.41) is 13.0. The van der Waals surface area contributed by atoms with E-state index < -0.39 is 0 Å². The zero-order valence-electron chi connectivity index (χ0n) is 13.8. The van der Waals surface area contributed by atoms with Crippen LogP contribution >= 0.6 is 0 Å². The van der Waals surface area contributed by atoms with E-state index in [4.69, 9.17) is 4.74 Å². The molecule has 0 saturated carbocycles. The average molecular weight is 287 g/mol. The van der Waals surface area contributed by atoms with Crippen LogP contribution in [0.3, 0.4) is 0 Å². The third kappa shape index (κ3) is 15.9. The minimum atomic E-state index is -0.194. The first-order chi connectivity index (χ1) is 9.81. The molecule has 0 aromatic carbocycles. The molecule has 0 saturated heterocycles. The fourth-order valence-electron chi connectivity index (χ4n) is 2.41. The second-order valence-corrected chi connectivity index (χ2v) is 5.82. The van der Waals surface area contributed by atoms with Gasteiger partial charge in [-0.25, -0.2) is 0 Å². The van der Waals surface area contributed by atoms with Crippen molar-refractivity contribution >= 4 is 0 Å². The van der Waals surface area contributed by atoms with E-state index >= 15 is 0 Å². The first-order valence-electron chi connectivity index (χ1n) is 8.69. The SMILES string of the molecule is CCCCCCCCCCCCC(O)CNCCOC. The van der Waals surface area contributed by atoms with Gasteiger partial charge < -0.3 is 15.2 Å². The molecule has 20 heavy (non-hydrogen) atoms. The molecule has 0 amide bonds. The lowest BCUT2D eigenvalue weighted by molar-refractivity contribution is 0.149. The van der Waals surface area contributed by atoms with Crippen LogP contribution in [-0.2, 0) is 4.74 Å². The molecule has 0 heterocycles. The van der Waals surface area contributed by atoms with Crippen molar-refractivity contribution in [2.75, 3.05) is 26.8 Å². The van der Waals surface area contributed by atoms with E-state index in [-0.39, 0.29) is 6.10 Å². The van der Waals surface area contributed by atoms with Crippen molar-refractivity contribution < 1.29 is 9.84 Å². The second kappa shape index (κ2) is 16.9. The Kier molecular flexibility index (Phi) is 16.8. The zero-order valence-corrected chi connectivity index (χ0v) is 13.8. The summed E-state index contributed by atoms with van der Waals surface area (Å²) in [5.74, 6) is 0. The van der Waals surface area contributed by atoms with Crippen LogP contribution in [0.25, 0.3) is 0 Å². The summed E-state index contributed by atoms with van der Waals surface area (Å²) in [6.45, 7) is 4.50. The quantitative estimate of drug-likeness (QED) is 0.423. The van der Waals surface area contributed by atoms with Crippen molar-refractivity contribution in [3.05, 3.63) is 0 Å². The van der Waals surface area contributed by atoms with Crippen LogP contribution < -0.4 is 5.32 Å². The van der Waals surface area contributed by atoms with Crippen molar-refractivity contribution in [2.24, 2.45) is 0 Å². The molecule has 0 spiro atoms. The van der Waals surface area contributed by atoms with Gasteiger partial charge in [0.2, 0.25) is 0 Å². The Morgan fingerprint density at radius 1 is 0.900 bits per heavy atom. The molecule has 3 heteroatoms. The van der Waals surface area contributed by atoms with E-state index in [1.165, 1.54) is 57.8 Å². The fraction of sp³-hybridized carbons (Fsp3) is 1.00. The fourth-order valence-corrected chi connectivity index (χ4v) is 2.41. The minimum absolute atomic E-state index is 0.194. The molecule has 0 fully saturated rings. The van der Waals surface area contributed by atoms with E-state index in [2.05, 4.69) is 12.2 Å². The molecule has 2 N–H and O–H groups in total. The number of ether oxygens (including phenoxy) is 1. The smallest absolute Gasteiger partial charge is 0.0664 e. The van der Waals surface area contributed by atoms with Crippen molar-refractivity contribution in [1.29, 1.82) is 0 Å². The molecule has 0 aliphatic rings. The Morgan fingerprint density at radius 3 is 2.00 bits per heavy atom. The molecule has 0 aromatic heterocycles. The van der Waals surface area contributed by atoms with E-state index in [9.17, 15) is 5.11 Å². The molecule has 0 bridgehead atoms. The van der Waals surface area contributed by atoms with E-state index in [0.29, 0.717) is 13.2 Å². The summed E-state index contributed by atoms with van der Waals surface area (Å²) in [4.78, 5) is 0. The lowest BCUT2D eigenvalue weighted by Gasteiger charge is -2.11. The van der Waals surface area contributed by atoms with Gasteiger partial charge in [-0.1, -0.05) is 71.1 Å². The number of nitrogens with one attached hydrogen (secondary N) is 1. The Balaban J connectivity index is 3.07. The second-order valence-electron chi connectivity index (χ2n) is 5.82. The van der Waals surface area contributed by atoms with Crippen LogP contribution in [0.15, 0.2) is 0 Å². The van der Waals surface area contributed by atoms with E-state index in [1.54, 1.807) is 7.11 Å². The predicted molar refractivity (Wildman–Crippen MR) is 87.2 cm³/mol. The van der Waals surface area contributed by atoms with Crippen molar-refractivity contribution in [1.82, 2.24) is 5.32 Å². The summed E-state index contributed by atoms with van der Waals surface area (Å²) in [5.41, 5.74) is 0. The van der Waals surface area contributed by atoms with Crippen molar-refractivity contribution in [3.8, 4) is 0 Å². The zero-order chi connectivity index (χ0) is 14.9. The molecule has 0 radical (unpaired) electrons. The number of methoxy groups -OCH3 is 1. The molecule has 0 aromatic rings. The lowest BCUT2D eigenvalue weighted by atomic mass is 10.0. The molecule has 0 aliphatic heterocycles. The Labute approximate surface area is 126 Å². The molecule has 3 nitrogen and oxygen atoms in total. The minimum Gasteiger partial charge on any atom is -0.392 e. The molecule has 0 aliphatic carbocycles. The maximum absolute atomic E-state index is 9.77. The van der Waals surface area contributed by atoms with E-state index in [0.717, 1.165) is 19.4 Å². The maximum Gasteiger partial charge on any atom is 0.0664 e. The molecular weight excluding hydrogens is 250 g/mol. The maximum atomic E-state index is 9.77. The van der Waals surface area contributed by atoms with Gasteiger partial charge in [0, 0.05) is 20.2 Å². The van der Waals surface area contributed by atoms with Gasteiger partial charge in [-0.3, -0.25) is 0 Å². The monoisotopic (exact) mass is 287 g/mol. The summed E-state index contributed by atoms with van der Waals surface area (Å²) < 4.78 is 4.95. The first-order valence-corrected chi connectivity index (χ1v) is 8.69. The van der Waals surface area contributed by atoms with Crippen LogP contribution in [0.2, 0.25) is 0 Å². The highest BCUT2D eigenvalue weighted by Crippen LogP contribution is 2.11. The predicted octanol–water partition coefficient (Wildman–Crippen LogP) is 3.89. The van der Waals surface area contributed by atoms with E-state index in [1.807, 2.05) is 0 Å². The van der Waals surface area contributed by atoms with Crippen LogP contribution in [0.5, 0.6) is 0 Å². The van der Waals surface area contributed by atoms with Gasteiger partial charge >= 0.3 is 0 Å². The van der Waals surface area contributed by atoms with Gasteiger partial charge in [0.05, 0.1) is 12.7 Å². The van der Waals surface area contributed by atoms with Gasteiger partial charge in [-0.05, 0) is 6.42 Å². The first kappa shape index (κ1) is 19.9. The third-order valence-corrected chi connectivity index (χ3v) is 3.75. The standard InChI is InChI=1S/C17H37NO2/c1-3-4-5-6-7-8-9-10-11-12-13-17(19)16-18-14-15-20-2/h17-19H,3-16H2,1-2H3. The van der Waals surface area contributed by atoms with Crippen LogP contribution in [-0.4, -0.2) is 38.0 Å². The number of rotatable bonds is 16. The number of hydrogen-bond donors (Lipinski definition) is 2. The number of unbranched alkanes of at least 4 members (excludes halogenated alkanes) is 9. The topological polar surface area (TPSA) is 41.5 Å². The summed E-state index contributed by atoms with van der Waals surface area (Å²) in [7, 11) is 1.70. The summed E-state index contributed by atoms with van der Waals surface area (Å²) in [6, 6.07) is 0. The molecule has 1 atom stereocenters. The highest BCUT2D eigenvalue weighted by Gasteiger charge is 2.02. The Hall–Kier alpha value is -0.120. The van der Waals surface area contributed by atoms with Gasteiger partial charge in [-0.15, -0.1) is 0 Å². The lowest BCUT2D eigenvalue weighted by Crippen LogP contribution is -2.29. The third-order valence-electron chi connectivity index (χ3n) is 3.75. The number of aliphatic hydroxyl groups is 1. The van der Waals surface area contributed by atoms with Gasteiger partial charge in [0.1, 0.15) is 0 Å². The van der Waals surface area contributed by atoms with Gasteiger partial charge in [0.15, 0.2) is 0 Å². The van der Waals surface area contributed by atoms with Crippen LogP contribution in [0, 0.1) is 0 Å². The highest BCUT2D eigenvalue weighted by atomic mass is 16.5. The highest BCUT2D eigenvalue weighted by molar-refractivity contribution is 4.60. The van der Waals surface area contributed by atoms with Crippen molar-refractivity contribution in [2.45, 2.75) is 83.7 Å². The van der Waals surface area contributed by atoms with Gasteiger partial charge in [0.25, 0.3) is 0 Å². The van der Waals surface area contributed by atoms with Crippen molar-refractivity contribution in [3.63, 3.8) is 0 Å². The largest absolute Gasteiger partial charge is 0.392 e. The number of aliphatic hydroxyl groups excluding tert-OH is 1. The Bertz CT molecular complexity index is 176. The molecular formula is C17H37NO2. The molecule has 1 unspecified atom stereocenters. The van der Waals surface area contributed by atoms with Crippen LogP contribution in [0.1, 0.15) is 77.6 Å². The molecule has 0 rings (SSSR count). The number of hydrogen-bond acceptors (Lipinski definition) is 3. The Morgan fingerprint density at radius 2 is 1.45 bits per heavy atom. The average Bonchev–Trinajstić information content (AvgIpc) is 2.45. The summed E-state index contributed by atoms with van der Waals surface area (Å²) >= 11 is 0. The summed E-state index contributed by atoms with van der Waals surface area (Å²) in [6.07, 6.45) is 14.2. The van der Waals surface area contributed by atoms with Gasteiger partial charge in [-0.2, -0.15) is 0 Å². The van der Waals surface area contributed by atoms with Crippen LogP contribution in [0.4, 0.5) is 0 Å². The molecule has 122 valence electrons.